The van der Waals surface area contributed by atoms with E-state index >= 15 is 0 Å². The molecule has 2 fully saturated rings. The van der Waals surface area contributed by atoms with Crippen LogP contribution in [0.2, 0.25) is 0 Å². The molecule has 2 aliphatic rings. The van der Waals surface area contributed by atoms with E-state index < -0.39 is 46.9 Å². The monoisotopic (exact) mass is 634 g/mol. The fourth-order valence-electron chi connectivity index (χ4n) is 5.20. The molecule has 2 N–H and O–H groups in total. The van der Waals surface area contributed by atoms with Crippen molar-refractivity contribution in [3.63, 3.8) is 0 Å². The first-order valence-corrected chi connectivity index (χ1v) is 12.8. The number of hydrogen-bond acceptors (Lipinski definition) is 5. The SMILES string of the molecule is Cl.Cl.O=C(O)[C@H](Cc1ccc(OCCN[C@H]2[C@@H]3CN(Cc4cc(F)c(F)cc4F)C[C@@H]32)cc1)Oc1cc(F)ccc1F. The van der Waals surface area contributed by atoms with Crippen molar-refractivity contribution in [1.82, 2.24) is 10.2 Å². The van der Waals surface area contributed by atoms with Crippen molar-refractivity contribution in [3.05, 3.63) is 94.8 Å². The number of benzene rings is 3. The summed E-state index contributed by atoms with van der Waals surface area (Å²) in [5, 5.41) is 12.9. The molecule has 0 amide bonds. The molecule has 0 bridgehead atoms. The zero-order valence-electron chi connectivity index (χ0n) is 22.1. The third-order valence-corrected chi connectivity index (χ3v) is 7.29. The lowest BCUT2D eigenvalue weighted by molar-refractivity contribution is -0.145. The zero-order chi connectivity index (χ0) is 28.4. The first-order chi connectivity index (χ1) is 19.2. The van der Waals surface area contributed by atoms with Gasteiger partial charge in [0.25, 0.3) is 0 Å². The largest absolute Gasteiger partial charge is 0.492 e. The predicted molar refractivity (Wildman–Crippen MR) is 149 cm³/mol. The number of carboxylic acid groups (broad SMARTS) is 1. The summed E-state index contributed by atoms with van der Waals surface area (Å²) in [4.78, 5) is 13.6. The molecule has 0 aromatic heterocycles. The molecule has 0 radical (unpaired) electrons. The van der Waals surface area contributed by atoms with Gasteiger partial charge in [0, 0.05) is 56.3 Å². The Labute approximate surface area is 251 Å². The molecule has 228 valence electrons. The molecule has 42 heavy (non-hydrogen) atoms. The highest BCUT2D eigenvalue weighted by molar-refractivity contribution is 5.85. The van der Waals surface area contributed by atoms with Gasteiger partial charge < -0.3 is 19.9 Å². The Bertz CT molecular complexity index is 1370. The number of ether oxygens (including phenoxy) is 2. The van der Waals surface area contributed by atoms with Crippen LogP contribution in [-0.4, -0.2) is 54.4 Å². The Morgan fingerprint density at radius 2 is 1.57 bits per heavy atom. The van der Waals surface area contributed by atoms with Crippen molar-refractivity contribution >= 4 is 30.8 Å². The van der Waals surface area contributed by atoms with E-state index in [-0.39, 0.29) is 43.3 Å². The Kier molecular flexibility index (Phi) is 11.4. The number of carboxylic acids is 1. The standard InChI is InChI=1S/C29H27F5N2O4.2ClH/c30-18-3-6-22(31)26(11-18)40-27(29(37)38)9-16-1-4-19(5-2-16)39-8-7-35-28-20-14-36(15-21(20)28)13-17-10-24(33)25(34)12-23(17)32;;/h1-6,10-12,20-21,27-28,35H,7-9,13-15H2,(H,37,38);2*1H/t20-,21+,27-,28+;;/m0../s1. The van der Waals surface area contributed by atoms with Gasteiger partial charge in [0.05, 0.1) is 0 Å². The fourth-order valence-corrected chi connectivity index (χ4v) is 5.20. The van der Waals surface area contributed by atoms with Crippen LogP contribution in [0, 0.1) is 40.9 Å². The van der Waals surface area contributed by atoms with Crippen LogP contribution >= 0.6 is 24.8 Å². The van der Waals surface area contributed by atoms with E-state index in [1.54, 1.807) is 24.3 Å². The number of likely N-dealkylation sites (tertiary alicyclic amines) is 1. The summed E-state index contributed by atoms with van der Waals surface area (Å²) in [6, 6.07) is 11.2. The summed E-state index contributed by atoms with van der Waals surface area (Å²) in [7, 11) is 0. The van der Waals surface area contributed by atoms with Crippen LogP contribution in [0.1, 0.15) is 11.1 Å². The number of rotatable bonds is 12. The molecule has 6 nitrogen and oxygen atoms in total. The minimum Gasteiger partial charge on any atom is -0.492 e. The van der Waals surface area contributed by atoms with E-state index in [1.165, 1.54) is 0 Å². The van der Waals surface area contributed by atoms with Gasteiger partial charge >= 0.3 is 5.97 Å². The molecule has 5 rings (SSSR count). The number of hydrogen-bond donors (Lipinski definition) is 2. The van der Waals surface area contributed by atoms with Crippen molar-refractivity contribution < 1.29 is 41.3 Å². The molecular formula is C29H29Cl2F5N2O4. The van der Waals surface area contributed by atoms with Gasteiger partial charge in [-0.25, -0.2) is 26.7 Å². The lowest BCUT2D eigenvalue weighted by atomic mass is 10.1. The topological polar surface area (TPSA) is 71.0 Å². The van der Waals surface area contributed by atoms with Gasteiger partial charge in [0.1, 0.15) is 24.0 Å². The Balaban J connectivity index is 0.00000242. The number of carbonyl (C=O) groups is 1. The van der Waals surface area contributed by atoms with Crippen LogP contribution in [0.15, 0.2) is 54.6 Å². The van der Waals surface area contributed by atoms with Gasteiger partial charge in [-0.2, -0.15) is 0 Å². The highest BCUT2D eigenvalue weighted by Crippen LogP contribution is 2.45. The summed E-state index contributed by atoms with van der Waals surface area (Å²) >= 11 is 0. The number of halogens is 7. The van der Waals surface area contributed by atoms with Gasteiger partial charge in [0.15, 0.2) is 29.3 Å². The second-order valence-electron chi connectivity index (χ2n) is 10.1. The smallest absolute Gasteiger partial charge is 0.345 e. The third kappa shape index (κ3) is 8.03. The number of piperidine rings is 1. The van der Waals surface area contributed by atoms with Crippen LogP contribution < -0.4 is 14.8 Å². The molecule has 1 aliphatic heterocycles. The molecule has 1 saturated carbocycles. The lowest BCUT2D eigenvalue weighted by Gasteiger charge is -2.20. The molecule has 13 heteroatoms. The number of nitrogens with one attached hydrogen (secondary N) is 1. The molecule has 3 aromatic rings. The van der Waals surface area contributed by atoms with Crippen LogP contribution in [0.5, 0.6) is 11.5 Å². The summed E-state index contributed by atoms with van der Waals surface area (Å²) in [5.41, 5.74) is 0.768. The van der Waals surface area contributed by atoms with Crippen molar-refractivity contribution in [2.45, 2.75) is 25.1 Å². The first-order valence-electron chi connectivity index (χ1n) is 12.8. The second-order valence-corrected chi connectivity index (χ2v) is 10.1. The zero-order valence-corrected chi connectivity index (χ0v) is 23.7. The second kappa shape index (κ2) is 14.4. The lowest BCUT2D eigenvalue weighted by Crippen LogP contribution is -2.33. The van der Waals surface area contributed by atoms with Gasteiger partial charge in [-0.05, 0) is 47.7 Å². The molecular weight excluding hydrogens is 606 g/mol. The first kappa shape index (κ1) is 33.4. The van der Waals surface area contributed by atoms with E-state index in [2.05, 4.69) is 5.32 Å². The number of nitrogens with zero attached hydrogens (tertiary/aromatic N) is 1. The van der Waals surface area contributed by atoms with E-state index in [1.807, 2.05) is 4.90 Å². The molecule has 1 aliphatic carbocycles. The normalized spacial score (nSPS) is 19.7. The quantitative estimate of drug-likeness (QED) is 0.158. The van der Waals surface area contributed by atoms with Crippen molar-refractivity contribution in [2.75, 3.05) is 26.2 Å². The summed E-state index contributed by atoms with van der Waals surface area (Å²) in [5.74, 6) is -4.93. The number of aliphatic carboxylic acids is 1. The molecule has 0 spiro atoms. The van der Waals surface area contributed by atoms with Crippen LogP contribution in [0.25, 0.3) is 0 Å². The molecule has 3 aromatic carbocycles. The number of fused-ring (bicyclic) bond motifs is 1. The average molecular weight is 635 g/mol. The molecule has 1 saturated heterocycles. The highest BCUT2D eigenvalue weighted by Gasteiger charge is 2.55. The third-order valence-electron chi connectivity index (χ3n) is 7.29. The maximum absolute atomic E-state index is 13.9. The van der Waals surface area contributed by atoms with Crippen molar-refractivity contribution in [1.29, 1.82) is 0 Å². The summed E-state index contributed by atoms with van der Waals surface area (Å²) in [6.45, 7) is 2.74. The summed E-state index contributed by atoms with van der Waals surface area (Å²) in [6.07, 6.45) is -1.46. The minimum absolute atomic E-state index is 0. The van der Waals surface area contributed by atoms with Crippen molar-refractivity contribution in [2.24, 2.45) is 11.8 Å². The van der Waals surface area contributed by atoms with Crippen LogP contribution in [0.4, 0.5) is 22.0 Å². The van der Waals surface area contributed by atoms with E-state index in [0.717, 1.165) is 37.4 Å². The van der Waals surface area contributed by atoms with Crippen molar-refractivity contribution in [3.8, 4) is 11.5 Å². The van der Waals surface area contributed by atoms with E-state index in [4.69, 9.17) is 9.47 Å². The van der Waals surface area contributed by atoms with E-state index in [9.17, 15) is 31.9 Å². The Morgan fingerprint density at radius 3 is 2.24 bits per heavy atom. The maximum atomic E-state index is 13.9. The Hall–Kier alpha value is -3.12. The highest BCUT2D eigenvalue weighted by atomic mass is 35.5. The fraction of sp³-hybridized carbons (Fsp3) is 0.345. The van der Waals surface area contributed by atoms with Crippen LogP contribution in [-0.2, 0) is 17.8 Å². The molecule has 4 atom stereocenters. The maximum Gasteiger partial charge on any atom is 0.345 e. The van der Waals surface area contributed by atoms with Gasteiger partial charge in [0.2, 0.25) is 0 Å². The van der Waals surface area contributed by atoms with Gasteiger partial charge in [-0.3, -0.25) is 4.90 Å². The van der Waals surface area contributed by atoms with Gasteiger partial charge in [-0.15, -0.1) is 24.8 Å². The van der Waals surface area contributed by atoms with Crippen LogP contribution in [0.3, 0.4) is 0 Å². The molecule has 1 heterocycles. The summed E-state index contributed by atoms with van der Waals surface area (Å²) < 4.78 is 78.7. The molecule has 0 unspecified atom stereocenters. The minimum atomic E-state index is -1.41. The Morgan fingerprint density at radius 1 is 0.905 bits per heavy atom. The van der Waals surface area contributed by atoms with E-state index in [0.29, 0.717) is 48.4 Å². The predicted octanol–water partition coefficient (Wildman–Crippen LogP) is 5.40. The average Bonchev–Trinajstić information content (AvgIpc) is 3.36. The van der Waals surface area contributed by atoms with Gasteiger partial charge in [-0.1, -0.05) is 12.1 Å².